The van der Waals surface area contributed by atoms with Crippen LogP contribution in [0.25, 0.3) is 0 Å². The maximum atomic E-state index is 6.35. The Hall–Kier alpha value is -0.490. The van der Waals surface area contributed by atoms with E-state index in [2.05, 4.69) is 38.1 Å². The Bertz CT molecular complexity index is 266. The Kier molecular flexibility index (Phi) is 6.56. The lowest BCUT2D eigenvalue weighted by atomic mass is 10.0. The van der Waals surface area contributed by atoms with Gasteiger partial charge in [0.15, 0.2) is 0 Å². The highest BCUT2D eigenvalue weighted by Gasteiger charge is 2.06. The van der Waals surface area contributed by atoms with Crippen LogP contribution in [-0.2, 0) is 0 Å². The molecule has 0 saturated carbocycles. The molecule has 0 aliphatic rings. The van der Waals surface area contributed by atoms with Crippen molar-refractivity contribution in [1.82, 2.24) is 0 Å². The quantitative estimate of drug-likeness (QED) is 0.430. The Morgan fingerprint density at radius 1 is 0.938 bits per heavy atom. The van der Waals surface area contributed by atoms with Crippen LogP contribution in [0.15, 0.2) is 30.3 Å². The SMILES string of the molecule is CC(C)CCCCCC(Cl)c1ccccc1. The summed E-state index contributed by atoms with van der Waals surface area (Å²) in [7, 11) is 0. The van der Waals surface area contributed by atoms with Crippen LogP contribution in [0.4, 0.5) is 0 Å². The van der Waals surface area contributed by atoms with Gasteiger partial charge < -0.3 is 0 Å². The van der Waals surface area contributed by atoms with Crippen LogP contribution in [0.1, 0.15) is 56.9 Å². The lowest BCUT2D eigenvalue weighted by molar-refractivity contribution is 0.518. The highest BCUT2D eigenvalue weighted by Crippen LogP contribution is 2.26. The fourth-order valence-electron chi connectivity index (χ4n) is 1.88. The third-order valence-corrected chi connectivity index (χ3v) is 3.37. The average molecular weight is 239 g/mol. The molecule has 1 rings (SSSR count). The largest absolute Gasteiger partial charge is 0.118 e. The molecule has 0 amide bonds. The van der Waals surface area contributed by atoms with E-state index in [0.717, 1.165) is 12.3 Å². The summed E-state index contributed by atoms with van der Waals surface area (Å²) in [6.45, 7) is 4.57. The number of halogens is 1. The molecule has 0 heterocycles. The van der Waals surface area contributed by atoms with Gasteiger partial charge in [0.25, 0.3) is 0 Å². The van der Waals surface area contributed by atoms with Crippen molar-refractivity contribution in [3.8, 4) is 0 Å². The van der Waals surface area contributed by atoms with Gasteiger partial charge in [-0.3, -0.25) is 0 Å². The minimum absolute atomic E-state index is 0.195. The van der Waals surface area contributed by atoms with E-state index in [1.807, 2.05) is 6.07 Å². The van der Waals surface area contributed by atoms with E-state index < -0.39 is 0 Å². The number of alkyl halides is 1. The zero-order valence-corrected chi connectivity index (χ0v) is 11.2. The van der Waals surface area contributed by atoms with Gasteiger partial charge in [0.1, 0.15) is 0 Å². The van der Waals surface area contributed by atoms with Gasteiger partial charge in [-0.2, -0.15) is 0 Å². The summed E-state index contributed by atoms with van der Waals surface area (Å²) in [4.78, 5) is 0. The average Bonchev–Trinajstić information content (AvgIpc) is 2.29. The van der Waals surface area contributed by atoms with E-state index >= 15 is 0 Å². The van der Waals surface area contributed by atoms with Crippen molar-refractivity contribution in [3.63, 3.8) is 0 Å². The van der Waals surface area contributed by atoms with E-state index in [9.17, 15) is 0 Å². The second-order valence-corrected chi connectivity index (χ2v) is 5.44. The molecule has 0 aromatic heterocycles. The molecule has 1 aromatic rings. The van der Waals surface area contributed by atoms with Crippen LogP contribution in [0.2, 0.25) is 0 Å². The van der Waals surface area contributed by atoms with Gasteiger partial charge in [-0.05, 0) is 17.9 Å². The topological polar surface area (TPSA) is 0 Å². The first-order chi connectivity index (χ1) is 7.70. The lowest BCUT2D eigenvalue weighted by Crippen LogP contribution is -1.91. The summed E-state index contributed by atoms with van der Waals surface area (Å²) in [5, 5.41) is 0.195. The van der Waals surface area contributed by atoms with E-state index in [1.165, 1.54) is 31.2 Å². The number of hydrogen-bond donors (Lipinski definition) is 0. The van der Waals surface area contributed by atoms with Crippen LogP contribution >= 0.6 is 11.6 Å². The van der Waals surface area contributed by atoms with Gasteiger partial charge in [0, 0.05) is 0 Å². The molecule has 1 atom stereocenters. The summed E-state index contributed by atoms with van der Waals surface area (Å²) in [6, 6.07) is 10.4. The highest BCUT2D eigenvalue weighted by molar-refractivity contribution is 6.20. The van der Waals surface area contributed by atoms with Crippen molar-refractivity contribution in [2.45, 2.75) is 51.3 Å². The Morgan fingerprint density at radius 2 is 1.56 bits per heavy atom. The summed E-state index contributed by atoms with van der Waals surface area (Å²) in [6.07, 6.45) is 6.35. The van der Waals surface area contributed by atoms with Crippen molar-refractivity contribution >= 4 is 11.6 Å². The van der Waals surface area contributed by atoms with Gasteiger partial charge in [-0.1, -0.05) is 69.9 Å². The Balaban J connectivity index is 2.14. The van der Waals surface area contributed by atoms with Crippen LogP contribution in [0.3, 0.4) is 0 Å². The second-order valence-electron chi connectivity index (χ2n) is 4.91. The minimum Gasteiger partial charge on any atom is -0.118 e. The van der Waals surface area contributed by atoms with Crippen LogP contribution < -0.4 is 0 Å². The van der Waals surface area contributed by atoms with E-state index in [1.54, 1.807) is 0 Å². The summed E-state index contributed by atoms with van der Waals surface area (Å²) < 4.78 is 0. The van der Waals surface area contributed by atoms with Crippen LogP contribution in [-0.4, -0.2) is 0 Å². The standard InChI is InChI=1S/C15H23Cl/c1-13(2)9-5-3-8-12-15(16)14-10-6-4-7-11-14/h4,6-7,10-11,13,15H,3,5,8-9,12H2,1-2H3. The van der Waals surface area contributed by atoms with Crippen LogP contribution in [0.5, 0.6) is 0 Å². The van der Waals surface area contributed by atoms with E-state index in [0.29, 0.717) is 0 Å². The molecule has 0 fully saturated rings. The van der Waals surface area contributed by atoms with Crippen molar-refractivity contribution in [2.24, 2.45) is 5.92 Å². The second kappa shape index (κ2) is 7.73. The smallest absolute Gasteiger partial charge is 0.0585 e. The molecule has 1 unspecified atom stereocenters. The van der Waals surface area contributed by atoms with Crippen LogP contribution in [0, 0.1) is 5.92 Å². The van der Waals surface area contributed by atoms with Gasteiger partial charge >= 0.3 is 0 Å². The Morgan fingerprint density at radius 3 is 2.19 bits per heavy atom. The molecule has 0 nitrogen and oxygen atoms in total. The zero-order valence-electron chi connectivity index (χ0n) is 10.5. The fraction of sp³-hybridized carbons (Fsp3) is 0.600. The zero-order chi connectivity index (χ0) is 11.8. The molecule has 0 saturated heterocycles. The molecule has 0 bridgehead atoms. The van der Waals surface area contributed by atoms with Crippen molar-refractivity contribution < 1.29 is 0 Å². The first kappa shape index (κ1) is 13.6. The van der Waals surface area contributed by atoms with E-state index in [4.69, 9.17) is 11.6 Å². The van der Waals surface area contributed by atoms with Crippen molar-refractivity contribution in [2.75, 3.05) is 0 Å². The molecule has 1 aromatic carbocycles. The third-order valence-electron chi connectivity index (χ3n) is 2.90. The number of rotatable bonds is 7. The molecule has 16 heavy (non-hydrogen) atoms. The van der Waals surface area contributed by atoms with Gasteiger partial charge in [0.2, 0.25) is 0 Å². The van der Waals surface area contributed by atoms with E-state index in [-0.39, 0.29) is 5.38 Å². The van der Waals surface area contributed by atoms with Gasteiger partial charge in [0.05, 0.1) is 5.38 Å². The maximum absolute atomic E-state index is 6.35. The molecule has 0 aliphatic carbocycles. The van der Waals surface area contributed by atoms with Crippen molar-refractivity contribution in [1.29, 1.82) is 0 Å². The van der Waals surface area contributed by atoms with Gasteiger partial charge in [-0.15, -0.1) is 11.6 Å². The predicted molar refractivity (Wildman–Crippen MR) is 73.0 cm³/mol. The molecule has 0 N–H and O–H groups in total. The molecule has 90 valence electrons. The molecule has 0 radical (unpaired) electrons. The summed E-state index contributed by atoms with van der Waals surface area (Å²) >= 11 is 6.35. The highest BCUT2D eigenvalue weighted by atomic mass is 35.5. The normalized spacial score (nSPS) is 13.0. The summed E-state index contributed by atoms with van der Waals surface area (Å²) in [5.74, 6) is 0.834. The maximum Gasteiger partial charge on any atom is 0.0585 e. The monoisotopic (exact) mass is 238 g/mol. The molecular weight excluding hydrogens is 216 g/mol. The molecular formula is C15H23Cl. The molecule has 0 aliphatic heterocycles. The first-order valence-corrected chi connectivity index (χ1v) is 6.83. The Labute approximate surface area is 105 Å². The number of hydrogen-bond acceptors (Lipinski definition) is 0. The number of benzene rings is 1. The van der Waals surface area contributed by atoms with Gasteiger partial charge in [-0.25, -0.2) is 0 Å². The molecule has 1 heteroatoms. The number of unbranched alkanes of at least 4 members (excludes halogenated alkanes) is 2. The fourth-order valence-corrected chi connectivity index (χ4v) is 2.18. The lowest BCUT2D eigenvalue weighted by Gasteiger charge is -2.09. The minimum atomic E-state index is 0.195. The predicted octanol–water partition coefficient (Wildman–Crippen LogP) is 5.57. The summed E-state index contributed by atoms with van der Waals surface area (Å²) in [5.41, 5.74) is 1.26. The first-order valence-electron chi connectivity index (χ1n) is 6.39. The molecule has 0 spiro atoms. The third kappa shape index (κ3) is 5.55. The van der Waals surface area contributed by atoms with Crippen molar-refractivity contribution in [3.05, 3.63) is 35.9 Å².